The highest BCUT2D eigenvalue weighted by molar-refractivity contribution is 6.41. The molecule has 3 nitrogen and oxygen atoms in total. The van der Waals surface area contributed by atoms with E-state index in [2.05, 4.69) is 11.6 Å². The van der Waals surface area contributed by atoms with Gasteiger partial charge in [0.25, 0.3) is 0 Å². The molecule has 3 heteroatoms. The van der Waals surface area contributed by atoms with Gasteiger partial charge in [-0.1, -0.05) is 36.9 Å². The number of phenols is 1. The van der Waals surface area contributed by atoms with Gasteiger partial charge in [-0.05, 0) is 42.3 Å². The van der Waals surface area contributed by atoms with Crippen molar-refractivity contribution in [2.75, 3.05) is 0 Å². The average molecular weight is 315 g/mol. The molecule has 0 unspecified atom stereocenters. The van der Waals surface area contributed by atoms with Gasteiger partial charge in [0, 0.05) is 34.7 Å². The van der Waals surface area contributed by atoms with Crippen LogP contribution in [0.3, 0.4) is 0 Å². The largest absolute Gasteiger partial charge is 0.508 e. The third kappa shape index (κ3) is 2.61. The fraction of sp³-hybridized carbons (Fsp3) is 0.0476. The lowest BCUT2D eigenvalue weighted by molar-refractivity contribution is 0.105. The van der Waals surface area contributed by atoms with Crippen molar-refractivity contribution in [2.45, 2.75) is 6.92 Å². The number of carbonyl (C=O) groups excluding carboxylic acids is 1. The molecule has 0 amide bonds. The van der Waals surface area contributed by atoms with E-state index in [1.54, 1.807) is 36.7 Å². The second-order valence-corrected chi connectivity index (χ2v) is 5.41. The van der Waals surface area contributed by atoms with Gasteiger partial charge in [-0.25, -0.2) is 0 Å². The number of ketones is 1. The molecule has 2 aromatic rings. The smallest absolute Gasteiger partial charge is 0.195 e. The number of allylic oxidation sites excluding steroid dienone is 7. The van der Waals surface area contributed by atoms with Crippen molar-refractivity contribution in [3.8, 4) is 5.75 Å². The number of rotatable bonds is 4. The summed E-state index contributed by atoms with van der Waals surface area (Å²) in [5.74, 6) is -0.0301. The van der Waals surface area contributed by atoms with Gasteiger partial charge in [-0.2, -0.15) is 0 Å². The first-order valence-electron chi connectivity index (χ1n) is 7.66. The van der Waals surface area contributed by atoms with Gasteiger partial charge < -0.3 is 5.11 Å². The van der Waals surface area contributed by atoms with Crippen LogP contribution in [0.15, 0.2) is 79.2 Å². The summed E-state index contributed by atoms with van der Waals surface area (Å²) in [6, 6.07) is 8.57. The minimum Gasteiger partial charge on any atom is -0.508 e. The number of hydrogen-bond acceptors (Lipinski definition) is 3. The van der Waals surface area contributed by atoms with Gasteiger partial charge in [0.1, 0.15) is 5.75 Å². The monoisotopic (exact) mass is 315 g/mol. The molecule has 0 atom stereocenters. The summed E-state index contributed by atoms with van der Waals surface area (Å²) in [5.41, 5.74) is 4.39. The van der Waals surface area contributed by atoms with Crippen LogP contribution in [0.2, 0.25) is 0 Å². The van der Waals surface area contributed by atoms with Crippen LogP contribution in [-0.2, 0) is 0 Å². The predicted molar refractivity (Wildman–Crippen MR) is 96.6 cm³/mol. The van der Waals surface area contributed by atoms with Crippen LogP contribution >= 0.6 is 0 Å². The van der Waals surface area contributed by atoms with E-state index in [1.165, 1.54) is 6.07 Å². The standard InChI is InChI=1S/C21H17NO2/c1-3-6-14(7-4-2)19-17-10-9-16(23)12-18(17)21(24)20(19)15-8-5-11-22-13-15/h3-13,23H,1H2,2H3/b7-4-,14-6+. The van der Waals surface area contributed by atoms with Crippen molar-refractivity contribution in [3.05, 3.63) is 95.9 Å². The number of fused-ring (bicyclic) bond motifs is 1. The van der Waals surface area contributed by atoms with E-state index in [9.17, 15) is 9.90 Å². The van der Waals surface area contributed by atoms with Gasteiger partial charge in [0.15, 0.2) is 5.78 Å². The van der Waals surface area contributed by atoms with Crippen molar-refractivity contribution < 1.29 is 9.90 Å². The SMILES string of the molecule is C=C/C=C(\C=C/C)C1=C(c2cccnc2)C(=O)c2cc(O)ccc21. The number of benzene rings is 1. The summed E-state index contributed by atoms with van der Waals surface area (Å²) in [7, 11) is 0. The minimum absolute atomic E-state index is 0.0779. The van der Waals surface area contributed by atoms with E-state index in [0.717, 1.165) is 22.3 Å². The highest BCUT2D eigenvalue weighted by atomic mass is 16.3. The van der Waals surface area contributed by atoms with Crippen LogP contribution in [-0.4, -0.2) is 15.9 Å². The van der Waals surface area contributed by atoms with Crippen LogP contribution in [0.5, 0.6) is 5.75 Å². The fourth-order valence-corrected chi connectivity index (χ4v) is 2.94. The Labute approximate surface area is 141 Å². The Morgan fingerprint density at radius 2 is 2.08 bits per heavy atom. The highest BCUT2D eigenvalue weighted by Crippen LogP contribution is 2.43. The quantitative estimate of drug-likeness (QED) is 0.840. The number of Topliss-reactive ketones (excluding diaryl/α,β-unsaturated/α-hetero) is 1. The first-order chi connectivity index (χ1) is 11.7. The van der Waals surface area contributed by atoms with E-state index in [-0.39, 0.29) is 11.5 Å². The molecular weight excluding hydrogens is 298 g/mol. The van der Waals surface area contributed by atoms with Gasteiger partial charge in [0.05, 0.1) is 0 Å². The summed E-state index contributed by atoms with van der Waals surface area (Å²) in [6.45, 7) is 5.70. The summed E-state index contributed by atoms with van der Waals surface area (Å²) < 4.78 is 0. The zero-order valence-electron chi connectivity index (χ0n) is 13.4. The van der Waals surface area contributed by atoms with Crippen molar-refractivity contribution in [2.24, 2.45) is 0 Å². The normalized spacial score (nSPS) is 14.4. The molecule has 1 aliphatic carbocycles. The number of pyridine rings is 1. The van der Waals surface area contributed by atoms with Crippen LogP contribution < -0.4 is 0 Å². The number of aromatic nitrogens is 1. The molecule has 1 aliphatic rings. The first-order valence-corrected chi connectivity index (χ1v) is 7.66. The molecule has 118 valence electrons. The molecular formula is C21H17NO2. The summed E-state index contributed by atoms with van der Waals surface area (Å²) in [6.07, 6.45) is 10.8. The molecule has 1 aromatic carbocycles. The Morgan fingerprint density at radius 1 is 1.25 bits per heavy atom. The molecule has 3 rings (SSSR count). The zero-order valence-corrected chi connectivity index (χ0v) is 13.4. The molecule has 1 heterocycles. The average Bonchev–Trinajstić information content (AvgIpc) is 2.88. The zero-order chi connectivity index (χ0) is 17.1. The molecule has 24 heavy (non-hydrogen) atoms. The van der Waals surface area contributed by atoms with Crippen LogP contribution in [0.1, 0.15) is 28.4 Å². The Bertz CT molecular complexity index is 903. The molecule has 0 saturated heterocycles. The minimum atomic E-state index is -0.108. The summed E-state index contributed by atoms with van der Waals surface area (Å²) in [5, 5.41) is 9.77. The maximum Gasteiger partial charge on any atom is 0.195 e. The van der Waals surface area contributed by atoms with E-state index >= 15 is 0 Å². The fourth-order valence-electron chi connectivity index (χ4n) is 2.94. The number of carbonyl (C=O) groups is 1. The molecule has 0 bridgehead atoms. The number of nitrogens with zero attached hydrogens (tertiary/aromatic N) is 1. The molecule has 0 radical (unpaired) electrons. The van der Waals surface area contributed by atoms with Crippen molar-refractivity contribution in [1.82, 2.24) is 4.98 Å². The Kier molecular flexibility index (Phi) is 4.25. The lowest BCUT2D eigenvalue weighted by Gasteiger charge is -2.09. The van der Waals surface area contributed by atoms with E-state index in [0.29, 0.717) is 11.1 Å². The van der Waals surface area contributed by atoms with Crippen molar-refractivity contribution in [3.63, 3.8) is 0 Å². The molecule has 0 saturated carbocycles. The molecule has 1 aromatic heterocycles. The van der Waals surface area contributed by atoms with Crippen molar-refractivity contribution in [1.29, 1.82) is 0 Å². The lowest BCUT2D eigenvalue weighted by atomic mass is 9.94. The maximum atomic E-state index is 13.0. The van der Waals surface area contributed by atoms with Gasteiger partial charge in [-0.15, -0.1) is 0 Å². The van der Waals surface area contributed by atoms with Crippen molar-refractivity contribution >= 4 is 16.9 Å². The van der Waals surface area contributed by atoms with Gasteiger partial charge >= 0.3 is 0 Å². The predicted octanol–water partition coefficient (Wildman–Crippen LogP) is 4.58. The van der Waals surface area contributed by atoms with E-state index in [4.69, 9.17) is 0 Å². The Balaban J connectivity index is 2.35. The third-order valence-corrected chi connectivity index (χ3v) is 3.88. The number of aromatic hydroxyl groups is 1. The topological polar surface area (TPSA) is 50.2 Å². The highest BCUT2D eigenvalue weighted by Gasteiger charge is 2.31. The van der Waals surface area contributed by atoms with Crippen LogP contribution in [0.25, 0.3) is 11.1 Å². The Hall–Kier alpha value is -3.20. The second-order valence-electron chi connectivity index (χ2n) is 5.41. The number of hydrogen-bond donors (Lipinski definition) is 1. The molecule has 0 fully saturated rings. The van der Waals surface area contributed by atoms with Crippen LogP contribution in [0, 0.1) is 0 Å². The second kappa shape index (κ2) is 6.50. The maximum absolute atomic E-state index is 13.0. The van der Waals surface area contributed by atoms with E-state index < -0.39 is 0 Å². The molecule has 0 spiro atoms. The number of phenolic OH excluding ortho intramolecular Hbond substituents is 1. The lowest BCUT2D eigenvalue weighted by Crippen LogP contribution is -1.98. The molecule has 1 N–H and O–H groups in total. The molecule has 0 aliphatic heterocycles. The first kappa shape index (κ1) is 15.7. The third-order valence-electron chi connectivity index (χ3n) is 3.88. The van der Waals surface area contributed by atoms with Gasteiger partial charge in [0.2, 0.25) is 0 Å². The summed E-state index contributed by atoms with van der Waals surface area (Å²) >= 11 is 0. The Morgan fingerprint density at radius 3 is 2.75 bits per heavy atom. The summed E-state index contributed by atoms with van der Waals surface area (Å²) in [4.78, 5) is 17.1. The van der Waals surface area contributed by atoms with E-state index in [1.807, 2.05) is 31.2 Å². The van der Waals surface area contributed by atoms with Crippen LogP contribution in [0.4, 0.5) is 0 Å². The van der Waals surface area contributed by atoms with Gasteiger partial charge in [-0.3, -0.25) is 9.78 Å².